The van der Waals surface area contributed by atoms with Gasteiger partial charge >= 0.3 is 0 Å². The number of hydrogen-bond donors (Lipinski definition) is 1. The van der Waals surface area contributed by atoms with Gasteiger partial charge in [-0.15, -0.1) is 0 Å². The highest BCUT2D eigenvalue weighted by Crippen LogP contribution is 2.23. The van der Waals surface area contributed by atoms with E-state index in [0.717, 1.165) is 20.4 Å². The van der Waals surface area contributed by atoms with Gasteiger partial charge in [0.05, 0.1) is 14.7 Å². The van der Waals surface area contributed by atoms with Crippen LogP contribution in [0, 0.1) is 17.3 Å². The standard InChI is InChI=1S/C19H14I2N4O3/c20-15-4-1-13(2-5-15)12-28-18-7-3-14(9-17(18)21)10-23-24-19-8-6-16(11-22-19)25(26)27/h1-11H,12H2,(H,22,24)/b23-10+. The lowest BCUT2D eigenvalue weighted by Gasteiger charge is -2.09. The average molecular weight is 600 g/mol. The molecule has 9 heteroatoms. The Bertz CT molecular complexity index is 993. The van der Waals surface area contributed by atoms with Crippen molar-refractivity contribution in [3.63, 3.8) is 0 Å². The van der Waals surface area contributed by atoms with E-state index < -0.39 is 4.92 Å². The number of rotatable bonds is 7. The molecule has 1 heterocycles. The summed E-state index contributed by atoms with van der Waals surface area (Å²) in [4.78, 5) is 14.1. The zero-order chi connectivity index (χ0) is 19.9. The smallest absolute Gasteiger partial charge is 0.287 e. The maximum atomic E-state index is 10.6. The van der Waals surface area contributed by atoms with Gasteiger partial charge < -0.3 is 4.74 Å². The predicted molar refractivity (Wildman–Crippen MR) is 125 cm³/mol. The maximum absolute atomic E-state index is 10.6. The van der Waals surface area contributed by atoms with Gasteiger partial charge in [0.15, 0.2) is 0 Å². The van der Waals surface area contributed by atoms with Crippen LogP contribution >= 0.6 is 45.2 Å². The number of nitrogens with zero attached hydrogens (tertiary/aromatic N) is 3. The third kappa shape index (κ3) is 5.86. The second-order valence-corrected chi connectivity index (χ2v) is 8.04. The molecule has 3 rings (SSSR count). The van der Waals surface area contributed by atoms with E-state index in [2.05, 4.69) is 72.8 Å². The summed E-state index contributed by atoms with van der Waals surface area (Å²) < 4.78 is 8.05. The topological polar surface area (TPSA) is 89.7 Å². The Labute approximate surface area is 188 Å². The number of aromatic nitrogens is 1. The first-order valence-electron chi connectivity index (χ1n) is 8.07. The third-order valence-corrected chi connectivity index (χ3v) is 5.18. The zero-order valence-corrected chi connectivity index (χ0v) is 18.7. The summed E-state index contributed by atoms with van der Waals surface area (Å²) in [6, 6.07) is 16.8. The van der Waals surface area contributed by atoms with Gasteiger partial charge in [-0.25, -0.2) is 4.98 Å². The van der Waals surface area contributed by atoms with Gasteiger partial charge in [-0.05, 0) is 92.7 Å². The fourth-order valence-corrected chi connectivity index (χ4v) is 3.24. The van der Waals surface area contributed by atoms with Crippen LogP contribution < -0.4 is 10.2 Å². The van der Waals surface area contributed by atoms with Crippen molar-refractivity contribution in [1.82, 2.24) is 4.98 Å². The Morgan fingerprint density at radius 1 is 1.14 bits per heavy atom. The van der Waals surface area contributed by atoms with E-state index in [9.17, 15) is 10.1 Å². The summed E-state index contributed by atoms with van der Waals surface area (Å²) in [5.74, 6) is 1.23. The summed E-state index contributed by atoms with van der Waals surface area (Å²) in [7, 11) is 0. The molecule has 1 N–H and O–H groups in total. The van der Waals surface area contributed by atoms with E-state index in [4.69, 9.17) is 4.74 Å². The van der Waals surface area contributed by atoms with Crippen molar-refractivity contribution < 1.29 is 9.66 Å². The van der Waals surface area contributed by atoms with Gasteiger partial charge in [-0.2, -0.15) is 5.10 Å². The van der Waals surface area contributed by atoms with E-state index in [1.807, 2.05) is 30.3 Å². The number of nitrogens with one attached hydrogen (secondary N) is 1. The highest BCUT2D eigenvalue weighted by atomic mass is 127. The molecule has 0 bridgehead atoms. The molecule has 142 valence electrons. The van der Waals surface area contributed by atoms with Crippen molar-refractivity contribution >= 4 is 62.9 Å². The summed E-state index contributed by atoms with van der Waals surface area (Å²) in [6.45, 7) is 0.508. The molecule has 0 saturated heterocycles. The summed E-state index contributed by atoms with van der Waals surface area (Å²) >= 11 is 4.50. The first kappa shape index (κ1) is 20.5. The number of anilines is 1. The normalized spacial score (nSPS) is 10.8. The molecular formula is C19H14I2N4O3. The second-order valence-electron chi connectivity index (χ2n) is 5.63. The highest BCUT2D eigenvalue weighted by Gasteiger charge is 2.05. The van der Waals surface area contributed by atoms with Crippen LogP contribution in [0.3, 0.4) is 0 Å². The quantitative estimate of drug-likeness (QED) is 0.174. The van der Waals surface area contributed by atoms with E-state index in [-0.39, 0.29) is 5.69 Å². The number of benzene rings is 2. The van der Waals surface area contributed by atoms with Gasteiger partial charge in [-0.1, -0.05) is 12.1 Å². The lowest BCUT2D eigenvalue weighted by Crippen LogP contribution is -1.98. The van der Waals surface area contributed by atoms with Gasteiger partial charge in [0.2, 0.25) is 0 Å². The second kappa shape index (κ2) is 9.78. The van der Waals surface area contributed by atoms with Crippen molar-refractivity contribution in [3.05, 3.63) is 89.2 Å². The monoisotopic (exact) mass is 600 g/mol. The number of pyridine rings is 1. The molecule has 2 aromatic carbocycles. The average Bonchev–Trinajstić information content (AvgIpc) is 2.69. The number of halogens is 2. The Morgan fingerprint density at radius 2 is 1.93 bits per heavy atom. The molecule has 0 aliphatic rings. The lowest BCUT2D eigenvalue weighted by atomic mass is 10.2. The molecule has 3 aromatic rings. The molecule has 0 aliphatic heterocycles. The van der Waals surface area contributed by atoms with Crippen molar-refractivity contribution in [2.45, 2.75) is 6.61 Å². The molecule has 0 saturated carbocycles. The molecular weight excluding hydrogens is 586 g/mol. The lowest BCUT2D eigenvalue weighted by molar-refractivity contribution is -0.385. The van der Waals surface area contributed by atoms with Crippen molar-refractivity contribution in [3.8, 4) is 5.75 Å². The van der Waals surface area contributed by atoms with Gasteiger partial charge in [0.25, 0.3) is 5.69 Å². The van der Waals surface area contributed by atoms with Gasteiger partial charge in [-0.3, -0.25) is 15.5 Å². The number of nitro groups is 1. The van der Waals surface area contributed by atoms with Crippen molar-refractivity contribution in [1.29, 1.82) is 0 Å². The fraction of sp³-hybridized carbons (Fsp3) is 0.0526. The Balaban J connectivity index is 1.57. The molecule has 1 aromatic heterocycles. The van der Waals surface area contributed by atoms with E-state index >= 15 is 0 Å². The summed E-state index contributed by atoms with van der Waals surface area (Å²) in [5, 5.41) is 14.7. The molecule has 28 heavy (non-hydrogen) atoms. The van der Waals surface area contributed by atoms with E-state index in [1.165, 1.54) is 21.9 Å². The number of ether oxygens (including phenoxy) is 1. The van der Waals surface area contributed by atoms with E-state index in [0.29, 0.717) is 12.4 Å². The minimum Gasteiger partial charge on any atom is -0.488 e. The predicted octanol–water partition coefficient (Wildman–Crippen LogP) is 5.22. The fourth-order valence-electron chi connectivity index (χ4n) is 2.19. The Hall–Kier alpha value is -2.28. The molecule has 0 radical (unpaired) electrons. The van der Waals surface area contributed by atoms with Gasteiger partial charge in [0.1, 0.15) is 24.4 Å². The third-order valence-electron chi connectivity index (χ3n) is 3.61. The Kier molecular flexibility index (Phi) is 7.14. The van der Waals surface area contributed by atoms with Crippen LogP contribution in [0.1, 0.15) is 11.1 Å². The minimum atomic E-state index is -0.496. The molecule has 0 aliphatic carbocycles. The van der Waals surface area contributed by atoms with Crippen molar-refractivity contribution in [2.24, 2.45) is 5.10 Å². The molecule has 7 nitrogen and oxygen atoms in total. The minimum absolute atomic E-state index is 0.0649. The van der Waals surface area contributed by atoms with Crippen LogP contribution in [-0.2, 0) is 6.61 Å². The molecule has 0 atom stereocenters. The summed E-state index contributed by atoms with van der Waals surface area (Å²) in [6.07, 6.45) is 2.83. The Morgan fingerprint density at radius 3 is 2.57 bits per heavy atom. The zero-order valence-electron chi connectivity index (χ0n) is 14.4. The van der Waals surface area contributed by atoms with Crippen LogP contribution in [0.25, 0.3) is 0 Å². The van der Waals surface area contributed by atoms with Crippen LogP contribution in [0.4, 0.5) is 11.5 Å². The SMILES string of the molecule is O=[N+]([O-])c1ccc(N/N=C/c2ccc(OCc3ccc(I)cc3)c(I)c2)nc1. The maximum Gasteiger partial charge on any atom is 0.287 e. The van der Waals surface area contributed by atoms with Crippen LogP contribution in [-0.4, -0.2) is 16.1 Å². The number of hydrogen-bond acceptors (Lipinski definition) is 6. The van der Waals surface area contributed by atoms with E-state index in [1.54, 1.807) is 6.21 Å². The largest absolute Gasteiger partial charge is 0.488 e. The summed E-state index contributed by atoms with van der Waals surface area (Å²) in [5.41, 5.74) is 4.68. The first-order valence-corrected chi connectivity index (χ1v) is 10.2. The first-order chi connectivity index (χ1) is 13.5. The molecule has 0 fully saturated rings. The van der Waals surface area contributed by atoms with Crippen LogP contribution in [0.15, 0.2) is 65.9 Å². The van der Waals surface area contributed by atoms with Crippen molar-refractivity contribution in [2.75, 3.05) is 5.43 Å². The molecule has 0 amide bonds. The number of hydrazone groups is 1. The highest BCUT2D eigenvalue weighted by molar-refractivity contribution is 14.1. The molecule has 0 spiro atoms. The molecule has 0 unspecified atom stereocenters. The van der Waals surface area contributed by atoms with Gasteiger partial charge in [0, 0.05) is 9.64 Å². The van der Waals surface area contributed by atoms with Crippen LogP contribution in [0.2, 0.25) is 0 Å². The van der Waals surface area contributed by atoms with Crippen LogP contribution in [0.5, 0.6) is 5.75 Å².